The molecule has 0 aliphatic rings. The van der Waals surface area contributed by atoms with Crippen LogP contribution in [0.5, 0.6) is 5.75 Å². The van der Waals surface area contributed by atoms with Crippen molar-refractivity contribution in [3.63, 3.8) is 0 Å². The van der Waals surface area contributed by atoms with Crippen molar-refractivity contribution in [1.29, 1.82) is 0 Å². The first-order valence-electron chi connectivity index (χ1n) is 6.18. The third-order valence-corrected chi connectivity index (χ3v) is 3.56. The third kappa shape index (κ3) is 3.23. The molecule has 0 saturated heterocycles. The van der Waals surface area contributed by atoms with Gasteiger partial charge in [-0.15, -0.1) is 11.3 Å². The van der Waals surface area contributed by atoms with Crippen LogP contribution >= 0.6 is 11.3 Å². The van der Waals surface area contributed by atoms with E-state index in [1.807, 2.05) is 36.0 Å². The van der Waals surface area contributed by atoms with Crippen LogP contribution in [0.3, 0.4) is 0 Å². The van der Waals surface area contributed by atoms with Gasteiger partial charge in [-0.05, 0) is 25.5 Å². The topological polar surface area (TPSA) is 34.1 Å². The second kappa shape index (κ2) is 6.40. The lowest BCUT2D eigenvalue weighted by Crippen LogP contribution is -2.07. The zero-order chi connectivity index (χ0) is 12.8. The van der Waals surface area contributed by atoms with Crippen LogP contribution in [0.4, 0.5) is 5.69 Å². The maximum atomic E-state index is 5.73. The van der Waals surface area contributed by atoms with Gasteiger partial charge < -0.3 is 10.1 Å². The van der Waals surface area contributed by atoms with E-state index in [4.69, 9.17) is 4.74 Å². The number of anilines is 1. The molecular formula is C14H18N2OS. The molecule has 2 rings (SSSR count). The Bertz CT molecular complexity index is 470. The first-order valence-corrected chi connectivity index (χ1v) is 7.06. The van der Waals surface area contributed by atoms with Gasteiger partial charge in [0, 0.05) is 11.1 Å². The SMILES string of the molecule is CCCOc1ccccc1NC(C)c1cncs1. The first-order chi connectivity index (χ1) is 8.81. The summed E-state index contributed by atoms with van der Waals surface area (Å²) >= 11 is 1.66. The molecular weight excluding hydrogens is 244 g/mol. The Hall–Kier alpha value is -1.55. The van der Waals surface area contributed by atoms with E-state index in [0.29, 0.717) is 0 Å². The Morgan fingerprint density at radius 1 is 1.39 bits per heavy atom. The molecule has 18 heavy (non-hydrogen) atoms. The van der Waals surface area contributed by atoms with Crippen molar-refractivity contribution in [2.45, 2.75) is 26.3 Å². The summed E-state index contributed by atoms with van der Waals surface area (Å²) in [4.78, 5) is 5.33. The van der Waals surface area contributed by atoms with E-state index in [9.17, 15) is 0 Å². The van der Waals surface area contributed by atoms with Crippen LogP contribution in [-0.2, 0) is 0 Å². The average molecular weight is 262 g/mol. The molecule has 0 aliphatic heterocycles. The molecule has 1 atom stereocenters. The maximum absolute atomic E-state index is 5.73. The summed E-state index contributed by atoms with van der Waals surface area (Å²) in [5, 5.41) is 3.47. The minimum Gasteiger partial charge on any atom is -0.491 e. The van der Waals surface area contributed by atoms with E-state index in [2.05, 4.69) is 24.1 Å². The molecule has 0 fully saturated rings. The van der Waals surface area contributed by atoms with Gasteiger partial charge >= 0.3 is 0 Å². The lowest BCUT2D eigenvalue weighted by molar-refractivity contribution is 0.318. The molecule has 1 aromatic carbocycles. The molecule has 4 heteroatoms. The zero-order valence-corrected chi connectivity index (χ0v) is 11.5. The number of thiazole rings is 1. The molecule has 1 unspecified atom stereocenters. The monoisotopic (exact) mass is 262 g/mol. The van der Waals surface area contributed by atoms with Gasteiger partial charge in [-0.2, -0.15) is 0 Å². The standard InChI is InChI=1S/C14H18N2OS/c1-3-8-17-13-7-5-4-6-12(13)16-11(2)14-9-15-10-18-14/h4-7,9-11,16H,3,8H2,1-2H3. The molecule has 0 saturated carbocycles. The Morgan fingerprint density at radius 2 is 2.22 bits per heavy atom. The van der Waals surface area contributed by atoms with Gasteiger partial charge in [0.2, 0.25) is 0 Å². The largest absolute Gasteiger partial charge is 0.491 e. The molecule has 3 nitrogen and oxygen atoms in total. The third-order valence-electron chi connectivity index (χ3n) is 2.60. The second-order valence-corrected chi connectivity index (χ2v) is 5.03. The number of ether oxygens (including phenoxy) is 1. The number of aromatic nitrogens is 1. The fraction of sp³-hybridized carbons (Fsp3) is 0.357. The molecule has 0 radical (unpaired) electrons. The van der Waals surface area contributed by atoms with Gasteiger partial charge in [0.1, 0.15) is 5.75 Å². The van der Waals surface area contributed by atoms with Crippen molar-refractivity contribution in [3.05, 3.63) is 40.8 Å². The number of nitrogens with zero attached hydrogens (tertiary/aromatic N) is 1. The van der Waals surface area contributed by atoms with Crippen LogP contribution in [0.1, 0.15) is 31.2 Å². The van der Waals surface area contributed by atoms with E-state index < -0.39 is 0 Å². The fourth-order valence-corrected chi connectivity index (χ4v) is 2.30. The number of nitrogens with one attached hydrogen (secondary N) is 1. The zero-order valence-electron chi connectivity index (χ0n) is 10.7. The van der Waals surface area contributed by atoms with Crippen molar-refractivity contribution in [2.75, 3.05) is 11.9 Å². The first kappa shape index (κ1) is 12.9. The minimum atomic E-state index is 0.240. The number of hydrogen-bond acceptors (Lipinski definition) is 4. The summed E-state index contributed by atoms with van der Waals surface area (Å²) in [6, 6.07) is 8.29. The number of rotatable bonds is 6. The van der Waals surface area contributed by atoms with Crippen LogP contribution in [0.25, 0.3) is 0 Å². The average Bonchev–Trinajstić information content (AvgIpc) is 2.91. The van der Waals surface area contributed by atoms with Gasteiger partial charge in [0.05, 0.1) is 23.8 Å². The van der Waals surface area contributed by atoms with E-state index in [-0.39, 0.29) is 6.04 Å². The molecule has 0 spiro atoms. The van der Waals surface area contributed by atoms with E-state index in [1.165, 1.54) is 4.88 Å². The van der Waals surface area contributed by atoms with Gasteiger partial charge in [0.25, 0.3) is 0 Å². The van der Waals surface area contributed by atoms with Crippen LogP contribution in [0.2, 0.25) is 0 Å². The van der Waals surface area contributed by atoms with Crippen molar-refractivity contribution >= 4 is 17.0 Å². The predicted octanol–water partition coefficient (Wildman–Crippen LogP) is 4.11. The lowest BCUT2D eigenvalue weighted by atomic mass is 10.2. The summed E-state index contributed by atoms with van der Waals surface area (Å²) in [5.74, 6) is 0.913. The van der Waals surface area contributed by atoms with E-state index in [1.54, 1.807) is 11.3 Å². The lowest BCUT2D eigenvalue weighted by Gasteiger charge is -2.17. The maximum Gasteiger partial charge on any atom is 0.142 e. The van der Waals surface area contributed by atoms with Gasteiger partial charge in [0.15, 0.2) is 0 Å². The number of hydrogen-bond donors (Lipinski definition) is 1. The summed E-state index contributed by atoms with van der Waals surface area (Å²) in [6.07, 6.45) is 2.91. The van der Waals surface area contributed by atoms with Gasteiger partial charge in [-0.1, -0.05) is 19.1 Å². The number of para-hydroxylation sites is 2. The highest BCUT2D eigenvalue weighted by Gasteiger charge is 2.09. The fourth-order valence-electron chi connectivity index (χ4n) is 1.67. The number of benzene rings is 1. The minimum absolute atomic E-state index is 0.240. The highest BCUT2D eigenvalue weighted by molar-refractivity contribution is 7.09. The summed E-state index contributed by atoms with van der Waals surface area (Å²) in [5.41, 5.74) is 2.89. The normalized spacial score (nSPS) is 12.1. The molecule has 0 aliphatic carbocycles. The van der Waals surface area contributed by atoms with Crippen LogP contribution in [-0.4, -0.2) is 11.6 Å². The smallest absolute Gasteiger partial charge is 0.142 e. The van der Waals surface area contributed by atoms with Crippen molar-refractivity contribution in [1.82, 2.24) is 4.98 Å². The highest BCUT2D eigenvalue weighted by atomic mass is 32.1. The molecule has 2 aromatic rings. The van der Waals surface area contributed by atoms with Gasteiger partial charge in [-0.25, -0.2) is 0 Å². The Labute approximate surface area is 112 Å². The Kier molecular flexibility index (Phi) is 4.59. The molecule has 1 N–H and O–H groups in total. The second-order valence-electron chi connectivity index (χ2n) is 4.11. The van der Waals surface area contributed by atoms with Crippen molar-refractivity contribution in [3.8, 4) is 5.75 Å². The van der Waals surface area contributed by atoms with Crippen molar-refractivity contribution < 1.29 is 4.74 Å². The van der Waals surface area contributed by atoms with Gasteiger partial charge in [-0.3, -0.25) is 4.98 Å². The molecule has 1 heterocycles. The van der Waals surface area contributed by atoms with Crippen LogP contribution < -0.4 is 10.1 Å². The van der Waals surface area contributed by atoms with Crippen LogP contribution in [0.15, 0.2) is 36.0 Å². The molecule has 1 aromatic heterocycles. The van der Waals surface area contributed by atoms with Crippen molar-refractivity contribution in [2.24, 2.45) is 0 Å². The Morgan fingerprint density at radius 3 is 2.94 bits per heavy atom. The summed E-state index contributed by atoms with van der Waals surface area (Å²) < 4.78 is 5.73. The summed E-state index contributed by atoms with van der Waals surface area (Å²) in [6.45, 7) is 4.98. The molecule has 96 valence electrons. The Balaban J connectivity index is 2.08. The highest BCUT2D eigenvalue weighted by Crippen LogP contribution is 2.29. The van der Waals surface area contributed by atoms with Crippen LogP contribution in [0, 0.1) is 0 Å². The quantitative estimate of drug-likeness (QED) is 0.851. The summed E-state index contributed by atoms with van der Waals surface area (Å²) in [7, 11) is 0. The van der Waals surface area contributed by atoms with E-state index >= 15 is 0 Å². The molecule has 0 amide bonds. The predicted molar refractivity (Wildman–Crippen MR) is 76.4 cm³/mol. The van der Waals surface area contributed by atoms with E-state index in [0.717, 1.165) is 24.5 Å². The molecule has 0 bridgehead atoms.